The molecule has 0 aromatic carbocycles. The summed E-state index contributed by atoms with van der Waals surface area (Å²) in [6.07, 6.45) is 6.04. The number of hydrogen-bond donors (Lipinski definition) is 2. The highest BCUT2D eigenvalue weighted by Crippen LogP contribution is 2.38. The van der Waals surface area contributed by atoms with Crippen LogP contribution >= 0.6 is 0 Å². The van der Waals surface area contributed by atoms with Gasteiger partial charge in [-0.1, -0.05) is 0 Å². The molecule has 2 bridgehead atoms. The molecule has 2 aliphatic heterocycles. The molecule has 2 N–H and O–H groups in total. The van der Waals surface area contributed by atoms with E-state index in [0.29, 0.717) is 18.0 Å². The van der Waals surface area contributed by atoms with Crippen molar-refractivity contribution in [3.63, 3.8) is 0 Å². The topological polar surface area (TPSA) is 61.0 Å². The Morgan fingerprint density at radius 3 is 2.84 bits per heavy atom. The molecule has 2 atom stereocenters. The van der Waals surface area contributed by atoms with E-state index in [1.807, 2.05) is 0 Å². The highest BCUT2D eigenvalue weighted by molar-refractivity contribution is 5.39. The molecule has 4 rings (SSSR count). The van der Waals surface area contributed by atoms with E-state index in [-0.39, 0.29) is 5.56 Å². The van der Waals surface area contributed by atoms with Crippen LogP contribution in [0, 0.1) is 0 Å². The summed E-state index contributed by atoms with van der Waals surface area (Å²) in [4.78, 5) is 21.7. The van der Waals surface area contributed by atoms with Gasteiger partial charge < -0.3 is 15.2 Å². The summed E-state index contributed by atoms with van der Waals surface area (Å²) in [5, 5.41) is 3.66. The summed E-state index contributed by atoms with van der Waals surface area (Å²) in [5.41, 5.74) is -0.00531. The zero-order valence-electron chi connectivity index (χ0n) is 11.1. The number of nitrogens with zero attached hydrogens (tertiary/aromatic N) is 2. The van der Waals surface area contributed by atoms with Gasteiger partial charge >= 0.3 is 0 Å². The Balaban J connectivity index is 1.62. The van der Waals surface area contributed by atoms with Crippen molar-refractivity contribution in [2.75, 3.05) is 18.0 Å². The SMILES string of the molecule is O=c1cc(N2CCC3CCC(C2)N3)nc(C2CC2)[nH]1. The number of rotatable bonds is 2. The van der Waals surface area contributed by atoms with Crippen molar-refractivity contribution in [2.24, 2.45) is 0 Å². The Kier molecular flexibility index (Phi) is 2.62. The Bertz CT molecular complexity index is 536. The standard InChI is InChI=1S/C14H20N4O/c19-13-7-12(16-14(17-13)9-1-2-9)18-6-5-10-3-4-11(8-18)15-10/h7,9-11,15H,1-6,8H2,(H,16,17,19). The molecule has 1 aromatic heterocycles. The number of H-pyrrole nitrogens is 1. The van der Waals surface area contributed by atoms with E-state index in [2.05, 4.69) is 20.2 Å². The van der Waals surface area contributed by atoms with Crippen LogP contribution in [0.15, 0.2) is 10.9 Å². The second-order valence-electron chi connectivity index (χ2n) is 6.14. The van der Waals surface area contributed by atoms with Gasteiger partial charge in [0.05, 0.1) is 0 Å². The van der Waals surface area contributed by atoms with Crippen LogP contribution in [0.5, 0.6) is 0 Å². The van der Waals surface area contributed by atoms with E-state index in [4.69, 9.17) is 0 Å². The molecule has 0 amide bonds. The van der Waals surface area contributed by atoms with E-state index in [1.54, 1.807) is 6.07 Å². The highest BCUT2D eigenvalue weighted by Gasteiger charge is 2.31. The fraction of sp³-hybridized carbons (Fsp3) is 0.714. The lowest BCUT2D eigenvalue weighted by atomic mass is 10.1. The van der Waals surface area contributed by atoms with Gasteiger partial charge in [0.25, 0.3) is 5.56 Å². The van der Waals surface area contributed by atoms with Gasteiger partial charge in [-0.25, -0.2) is 4.98 Å². The lowest BCUT2D eigenvalue weighted by molar-refractivity contribution is 0.563. The van der Waals surface area contributed by atoms with Gasteiger partial charge in [0.1, 0.15) is 11.6 Å². The van der Waals surface area contributed by atoms with Crippen molar-refractivity contribution in [1.82, 2.24) is 15.3 Å². The van der Waals surface area contributed by atoms with Crippen LogP contribution in [0.25, 0.3) is 0 Å². The molecule has 3 aliphatic rings. The molecule has 2 unspecified atom stereocenters. The Morgan fingerprint density at radius 2 is 2.00 bits per heavy atom. The number of aromatic amines is 1. The summed E-state index contributed by atoms with van der Waals surface area (Å²) in [5.74, 6) is 2.26. The molecular formula is C14H20N4O. The first-order valence-electron chi connectivity index (χ1n) is 7.40. The first-order chi connectivity index (χ1) is 9.28. The highest BCUT2D eigenvalue weighted by atomic mass is 16.1. The maximum atomic E-state index is 11.8. The quantitative estimate of drug-likeness (QED) is 0.832. The fourth-order valence-corrected chi connectivity index (χ4v) is 3.33. The zero-order chi connectivity index (χ0) is 12.8. The summed E-state index contributed by atoms with van der Waals surface area (Å²) >= 11 is 0. The third-order valence-corrected chi connectivity index (χ3v) is 4.56. The second-order valence-corrected chi connectivity index (χ2v) is 6.14. The zero-order valence-corrected chi connectivity index (χ0v) is 11.1. The average Bonchev–Trinajstić information content (AvgIpc) is 3.14. The minimum absolute atomic E-state index is 0.00531. The van der Waals surface area contributed by atoms with Gasteiger partial charge in [-0.2, -0.15) is 0 Å². The Morgan fingerprint density at radius 1 is 1.16 bits per heavy atom. The van der Waals surface area contributed by atoms with Crippen molar-refractivity contribution in [3.8, 4) is 0 Å². The minimum Gasteiger partial charge on any atom is -0.355 e. The number of hydrogen-bond acceptors (Lipinski definition) is 4. The van der Waals surface area contributed by atoms with Crippen LogP contribution in [-0.2, 0) is 0 Å². The average molecular weight is 260 g/mol. The minimum atomic E-state index is -0.00531. The second kappa shape index (κ2) is 4.34. The van der Waals surface area contributed by atoms with Gasteiger partial charge in [-0.05, 0) is 32.1 Å². The van der Waals surface area contributed by atoms with Crippen molar-refractivity contribution < 1.29 is 0 Å². The molecule has 2 saturated heterocycles. The lowest BCUT2D eigenvalue weighted by Gasteiger charge is -2.25. The molecule has 1 saturated carbocycles. The molecule has 102 valence electrons. The monoisotopic (exact) mass is 260 g/mol. The van der Waals surface area contributed by atoms with E-state index < -0.39 is 0 Å². The molecule has 1 aliphatic carbocycles. The Labute approximate surface area is 112 Å². The smallest absolute Gasteiger partial charge is 0.252 e. The predicted molar refractivity (Wildman–Crippen MR) is 73.6 cm³/mol. The third-order valence-electron chi connectivity index (χ3n) is 4.56. The lowest BCUT2D eigenvalue weighted by Crippen LogP contribution is -2.36. The Hall–Kier alpha value is -1.36. The summed E-state index contributed by atoms with van der Waals surface area (Å²) in [6, 6.07) is 2.89. The van der Waals surface area contributed by atoms with Gasteiger partial charge in [0, 0.05) is 37.2 Å². The molecule has 0 radical (unpaired) electrons. The van der Waals surface area contributed by atoms with Crippen LogP contribution in [0.2, 0.25) is 0 Å². The van der Waals surface area contributed by atoms with E-state index >= 15 is 0 Å². The third kappa shape index (κ3) is 2.27. The van der Waals surface area contributed by atoms with Gasteiger partial charge in [0.15, 0.2) is 0 Å². The van der Waals surface area contributed by atoms with Crippen LogP contribution < -0.4 is 15.8 Å². The maximum absolute atomic E-state index is 11.8. The van der Waals surface area contributed by atoms with E-state index in [9.17, 15) is 4.79 Å². The summed E-state index contributed by atoms with van der Waals surface area (Å²) < 4.78 is 0. The molecule has 0 spiro atoms. The molecule has 5 nitrogen and oxygen atoms in total. The first-order valence-corrected chi connectivity index (χ1v) is 7.40. The van der Waals surface area contributed by atoms with Gasteiger partial charge in [-0.3, -0.25) is 4.79 Å². The number of anilines is 1. The molecular weight excluding hydrogens is 240 g/mol. The van der Waals surface area contributed by atoms with Crippen LogP contribution in [0.4, 0.5) is 5.82 Å². The van der Waals surface area contributed by atoms with Crippen molar-refractivity contribution in [3.05, 3.63) is 22.2 Å². The largest absolute Gasteiger partial charge is 0.355 e. The molecule has 5 heteroatoms. The number of aromatic nitrogens is 2. The maximum Gasteiger partial charge on any atom is 0.252 e. The normalized spacial score (nSPS) is 30.4. The fourth-order valence-electron chi connectivity index (χ4n) is 3.33. The molecule has 3 fully saturated rings. The molecule has 19 heavy (non-hydrogen) atoms. The first kappa shape index (κ1) is 11.5. The van der Waals surface area contributed by atoms with E-state index in [0.717, 1.165) is 31.2 Å². The van der Waals surface area contributed by atoms with Gasteiger partial charge in [0.2, 0.25) is 0 Å². The van der Waals surface area contributed by atoms with Crippen molar-refractivity contribution in [1.29, 1.82) is 0 Å². The summed E-state index contributed by atoms with van der Waals surface area (Å²) in [6.45, 7) is 1.99. The number of fused-ring (bicyclic) bond motifs is 2. The van der Waals surface area contributed by atoms with Crippen molar-refractivity contribution in [2.45, 2.75) is 50.1 Å². The van der Waals surface area contributed by atoms with Crippen LogP contribution in [0.1, 0.15) is 43.8 Å². The summed E-state index contributed by atoms with van der Waals surface area (Å²) in [7, 11) is 0. The molecule has 3 heterocycles. The predicted octanol–water partition coefficient (Wildman–Crippen LogP) is 0.978. The molecule has 1 aromatic rings. The van der Waals surface area contributed by atoms with Crippen LogP contribution in [-0.4, -0.2) is 35.1 Å². The van der Waals surface area contributed by atoms with Crippen LogP contribution in [0.3, 0.4) is 0 Å². The van der Waals surface area contributed by atoms with Gasteiger partial charge in [-0.15, -0.1) is 0 Å². The van der Waals surface area contributed by atoms with Crippen molar-refractivity contribution >= 4 is 5.82 Å². The number of nitrogens with one attached hydrogen (secondary N) is 2. The van der Waals surface area contributed by atoms with E-state index in [1.165, 1.54) is 25.7 Å².